The lowest BCUT2D eigenvalue weighted by molar-refractivity contribution is -0.136. The van der Waals surface area contributed by atoms with Crippen LogP contribution in [0.25, 0.3) is 0 Å². The van der Waals surface area contributed by atoms with Gasteiger partial charge < -0.3 is 10.8 Å². The van der Waals surface area contributed by atoms with Crippen LogP contribution in [0, 0.1) is 5.82 Å². The summed E-state index contributed by atoms with van der Waals surface area (Å²) in [5.41, 5.74) is 7.67. The van der Waals surface area contributed by atoms with Crippen LogP contribution in [0.2, 0.25) is 0 Å². The summed E-state index contributed by atoms with van der Waals surface area (Å²) in [6.07, 6.45) is 0.0139. The summed E-state index contributed by atoms with van der Waals surface area (Å²) in [5.74, 6) is -0.553. The van der Waals surface area contributed by atoms with E-state index in [0.29, 0.717) is 16.3 Å². The number of anilines is 1. The van der Waals surface area contributed by atoms with Crippen molar-refractivity contribution in [3.05, 3.63) is 59.4 Å². The van der Waals surface area contributed by atoms with Crippen molar-refractivity contribution < 1.29 is 14.3 Å². The summed E-state index contributed by atoms with van der Waals surface area (Å²) in [6.45, 7) is 0. The number of carboxylic acid groups (broad SMARTS) is 1. The Morgan fingerprint density at radius 1 is 1.15 bits per heavy atom. The highest BCUT2D eigenvalue weighted by Crippen LogP contribution is 2.26. The van der Waals surface area contributed by atoms with E-state index in [1.165, 1.54) is 17.8 Å². The van der Waals surface area contributed by atoms with Gasteiger partial charge in [-0.05, 0) is 29.3 Å². The largest absolute Gasteiger partial charge is 0.481 e. The van der Waals surface area contributed by atoms with Gasteiger partial charge in [0.05, 0.1) is 6.42 Å². The van der Waals surface area contributed by atoms with E-state index < -0.39 is 5.97 Å². The van der Waals surface area contributed by atoms with E-state index in [-0.39, 0.29) is 12.2 Å². The minimum absolute atomic E-state index is 0.0139. The van der Waals surface area contributed by atoms with Crippen LogP contribution >= 0.6 is 11.8 Å². The highest BCUT2D eigenvalue weighted by Gasteiger charge is 2.04. The molecule has 0 radical (unpaired) electrons. The standard InChI is InChI=1S/C15H14FNO2S/c16-13-8-12(17)5-6-14(13)20-9-11-3-1-10(2-4-11)7-15(18)19/h1-6,8H,7,9,17H2,(H,18,19). The molecule has 0 unspecified atom stereocenters. The van der Waals surface area contributed by atoms with Crippen molar-refractivity contribution in [1.29, 1.82) is 0 Å². The van der Waals surface area contributed by atoms with Crippen molar-refractivity contribution in [3.8, 4) is 0 Å². The van der Waals surface area contributed by atoms with Crippen molar-refractivity contribution >= 4 is 23.4 Å². The minimum Gasteiger partial charge on any atom is -0.481 e. The topological polar surface area (TPSA) is 63.3 Å². The van der Waals surface area contributed by atoms with Crippen LogP contribution in [0.4, 0.5) is 10.1 Å². The number of hydrogen-bond acceptors (Lipinski definition) is 3. The third-order valence-corrected chi connectivity index (χ3v) is 3.85. The fourth-order valence-electron chi connectivity index (χ4n) is 1.72. The molecular formula is C15H14FNO2S. The first-order chi connectivity index (χ1) is 9.54. The Hall–Kier alpha value is -2.01. The van der Waals surface area contributed by atoms with Gasteiger partial charge in [0.2, 0.25) is 0 Å². The fourth-order valence-corrected chi connectivity index (χ4v) is 2.60. The van der Waals surface area contributed by atoms with Crippen LogP contribution in [-0.4, -0.2) is 11.1 Å². The van der Waals surface area contributed by atoms with Crippen LogP contribution < -0.4 is 5.73 Å². The molecule has 0 atom stereocenters. The number of nitrogens with two attached hydrogens (primary N) is 1. The first kappa shape index (κ1) is 14.4. The van der Waals surface area contributed by atoms with E-state index in [4.69, 9.17) is 10.8 Å². The average molecular weight is 291 g/mol. The molecule has 0 amide bonds. The molecule has 0 fully saturated rings. The van der Waals surface area contributed by atoms with Crippen molar-refractivity contribution in [1.82, 2.24) is 0 Å². The molecule has 3 N–H and O–H groups in total. The molecular weight excluding hydrogens is 277 g/mol. The Morgan fingerprint density at radius 2 is 1.80 bits per heavy atom. The molecule has 0 aliphatic rings. The van der Waals surface area contributed by atoms with Crippen molar-refractivity contribution in [2.24, 2.45) is 0 Å². The SMILES string of the molecule is Nc1ccc(SCc2ccc(CC(=O)O)cc2)c(F)c1. The summed E-state index contributed by atoms with van der Waals surface area (Å²) in [6, 6.07) is 11.9. The molecule has 0 heterocycles. The van der Waals surface area contributed by atoms with Crippen molar-refractivity contribution in [3.63, 3.8) is 0 Å². The monoisotopic (exact) mass is 291 g/mol. The van der Waals surface area contributed by atoms with Gasteiger partial charge in [-0.1, -0.05) is 24.3 Å². The molecule has 0 aliphatic carbocycles. The lowest BCUT2D eigenvalue weighted by atomic mass is 10.1. The summed E-state index contributed by atoms with van der Waals surface area (Å²) < 4.78 is 13.6. The maximum atomic E-state index is 13.6. The lowest BCUT2D eigenvalue weighted by Crippen LogP contribution is -1.99. The number of nitrogen functional groups attached to an aromatic ring is 1. The average Bonchev–Trinajstić information content (AvgIpc) is 2.39. The molecule has 20 heavy (non-hydrogen) atoms. The molecule has 0 aliphatic heterocycles. The number of thioether (sulfide) groups is 1. The zero-order valence-corrected chi connectivity index (χ0v) is 11.5. The van der Waals surface area contributed by atoms with Crippen LogP contribution in [0.1, 0.15) is 11.1 Å². The number of halogens is 1. The Kier molecular flexibility index (Phi) is 4.63. The fraction of sp³-hybridized carbons (Fsp3) is 0.133. The predicted octanol–water partition coefficient (Wildman–Crippen LogP) is 3.33. The van der Waals surface area contributed by atoms with E-state index in [2.05, 4.69) is 0 Å². The maximum absolute atomic E-state index is 13.6. The van der Waals surface area contributed by atoms with Crippen LogP contribution in [-0.2, 0) is 17.0 Å². The van der Waals surface area contributed by atoms with Gasteiger partial charge in [-0.2, -0.15) is 0 Å². The van der Waals surface area contributed by atoms with Gasteiger partial charge in [0.15, 0.2) is 0 Å². The van der Waals surface area contributed by atoms with Crippen LogP contribution in [0.15, 0.2) is 47.4 Å². The Bertz CT molecular complexity index is 614. The quantitative estimate of drug-likeness (QED) is 0.655. The molecule has 0 saturated carbocycles. The summed E-state index contributed by atoms with van der Waals surface area (Å²) in [7, 11) is 0. The summed E-state index contributed by atoms with van der Waals surface area (Å²) in [4.78, 5) is 11.1. The zero-order chi connectivity index (χ0) is 14.5. The van der Waals surface area contributed by atoms with Gasteiger partial charge in [0.25, 0.3) is 0 Å². The first-order valence-electron chi connectivity index (χ1n) is 6.02. The number of aliphatic carboxylic acids is 1. The third-order valence-electron chi connectivity index (χ3n) is 2.73. The minimum atomic E-state index is -0.851. The molecule has 5 heteroatoms. The Morgan fingerprint density at radius 3 is 2.40 bits per heavy atom. The van der Waals surface area contributed by atoms with Crippen molar-refractivity contribution in [2.45, 2.75) is 17.1 Å². The molecule has 0 aromatic heterocycles. The lowest BCUT2D eigenvalue weighted by Gasteiger charge is -2.05. The predicted molar refractivity (Wildman–Crippen MR) is 78.2 cm³/mol. The van der Waals surface area contributed by atoms with E-state index >= 15 is 0 Å². The van der Waals surface area contributed by atoms with Gasteiger partial charge in [-0.3, -0.25) is 4.79 Å². The van der Waals surface area contributed by atoms with Gasteiger partial charge >= 0.3 is 5.97 Å². The van der Waals surface area contributed by atoms with Crippen LogP contribution in [0.5, 0.6) is 0 Å². The molecule has 3 nitrogen and oxygen atoms in total. The number of rotatable bonds is 5. The molecule has 0 spiro atoms. The second-order valence-corrected chi connectivity index (χ2v) is 5.38. The molecule has 0 bridgehead atoms. The molecule has 2 aromatic carbocycles. The number of carboxylic acids is 1. The molecule has 104 valence electrons. The second-order valence-electron chi connectivity index (χ2n) is 4.37. The number of hydrogen-bond donors (Lipinski definition) is 2. The first-order valence-corrected chi connectivity index (χ1v) is 7.00. The second kappa shape index (κ2) is 6.43. The summed E-state index contributed by atoms with van der Waals surface area (Å²) in [5, 5.41) is 8.69. The van der Waals surface area contributed by atoms with Crippen molar-refractivity contribution in [2.75, 3.05) is 5.73 Å². The Balaban J connectivity index is 1.98. The molecule has 0 saturated heterocycles. The highest BCUT2D eigenvalue weighted by atomic mass is 32.2. The van der Waals surface area contributed by atoms with E-state index in [1.807, 2.05) is 12.1 Å². The van der Waals surface area contributed by atoms with E-state index in [1.54, 1.807) is 24.3 Å². The molecule has 2 rings (SSSR count). The number of carbonyl (C=O) groups is 1. The van der Waals surface area contributed by atoms with Gasteiger partial charge in [0, 0.05) is 16.3 Å². The van der Waals surface area contributed by atoms with Gasteiger partial charge in [-0.25, -0.2) is 4.39 Å². The summed E-state index contributed by atoms with van der Waals surface area (Å²) >= 11 is 1.38. The van der Waals surface area contributed by atoms with Crippen LogP contribution in [0.3, 0.4) is 0 Å². The van der Waals surface area contributed by atoms with Gasteiger partial charge in [-0.15, -0.1) is 11.8 Å². The van der Waals surface area contributed by atoms with E-state index in [9.17, 15) is 9.18 Å². The normalized spacial score (nSPS) is 10.4. The molecule has 2 aromatic rings. The Labute approximate surface area is 120 Å². The maximum Gasteiger partial charge on any atom is 0.307 e. The number of benzene rings is 2. The van der Waals surface area contributed by atoms with E-state index in [0.717, 1.165) is 11.1 Å². The third kappa shape index (κ3) is 3.99. The highest BCUT2D eigenvalue weighted by molar-refractivity contribution is 7.98. The zero-order valence-electron chi connectivity index (χ0n) is 10.7. The van der Waals surface area contributed by atoms with Gasteiger partial charge in [0.1, 0.15) is 5.82 Å². The smallest absolute Gasteiger partial charge is 0.307 e.